The van der Waals surface area contributed by atoms with Gasteiger partial charge >= 0.3 is 5.97 Å². The summed E-state index contributed by atoms with van der Waals surface area (Å²) in [6.07, 6.45) is 6.16. The number of phenols is 1. The summed E-state index contributed by atoms with van der Waals surface area (Å²) in [6.45, 7) is 7.73. The van der Waals surface area contributed by atoms with Crippen LogP contribution in [0.2, 0.25) is 0 Å². The van der Waals surface area contributed by atoms with E-state index in [0.29, 0.717) is 12.2 Å². The van der Waals surface area contributed by atoms with Gasteiger partial charge in [-0.15, -0.1) is 18.3 Å². The van der Waals surface area contributed by atoms with Crippen LogP contribution in [0.15, 0.2) is 54.1 Å². The highest BCUT2D eigenvalue weighted by Crippen LogP contribution is 2.29. The van der Waals surface area contributed by atoms with Crippen molar-refractivity contribution in [3.8, 4) is 5.75 Å². The first kappa shape index (κ1) is 19.8. The van der Waals surface area contributed by atoms with Gasteiger partial charge in [0.25, 0.3) is 0 Å². The number of carbonyl (C=O) groups is 1. The molecule has 1 aliphatic heterocycles. The van der Waals surface area contributed by atoms with Gasteiger partial charge < -0.3 is 10.2 Å². The number of thioether (sulfide) groups is 1. The van der Waals surface area contributed by atoms with Crippen LogP contribution in [0, 0.1) is 0 Å². The number of allylic oxidation sites excluding steroid dienone is 1. The fourth-order valence-electron chi connectivity index (χ4n) is 2.64. The SMILES string of the molecule is C=CCc1c(O)ccc2cc(/C=C/C3=NC(C(=O)O)CS3)ccc12.CC. The molecule has 3 rings (SSSR count). The molecular formula is C21H23NO3S. The van der Waals surface area contributed by atoms with Gasteiger partial charge in [0.15, 0.2) is 6.04 Å². The molecule has 0 saturated carbocycles. The fraction of sp³-hybridized carbons (Fsp3) is 0.238. The number of aromatic hydroxyl groups is 1. The molecule has 1 atom stereocenters. The van der Waals surface area contributed by atoms with E-state index in [1.165, 1.54) is 11.8 Å². The first-order chi connectivity index (χ1) is 12.6. The third-order valence-corrected chi connectivity index (χ3v) is 4.87. The van der Waals surface area contributed by atoms with Crippen molar-refractivity contribution in [1.29, 1.82) is 0 Å². The van der Waals surface area contributed by atoms with E-state index in [1.54, 1.807) is 12.1 Å². The summed E-state index contributed by atoms with van der Waals surface area (Å²) in [5.41, 5.74) is 1.87. The zero-order chi connectivity index (χ0) is 19.1. The summed E-state index contributed by atoms with van der Waals surface area (Å²) in [6, 6.07) is 8.93. The highest BCUT2D eigenvalue weighted by molar-refractivity contribution is 8.14. The fourth-order valence-corrected chi connectivity index (χ4v) is 3.55. The van der Waals surface area contributed by atoms with Crippen LogP contribution in [-0.4, -0.2) is 33.0 Å². The Morgan fingerprint density at radius 1 is 1.31 bits per heavy atom. The standard InChI is InChI=1S/C19H17NO3S.C2H6/c1-2-3-15-14-7-4-12(10-13(14)6-8-17(15)21)5-9-18-20-16(11-24-18)19(22)23;1-2/h2,4-10,16,21H,1,3,11H2,(H,22,23);1-2H3/b9-5+;. The van der Waals surface area contributed by atoms with Gasteiger partial charge in [-0.2, -0.15) is 0 Å². The Kier molecular flexibility index (Phi) is 7.04. The average molecular weight is 369 g/mol. The molecular weight excluding hydrogens is 346 g/mol. The molecule has 1 heterocycles. The Bertz CT molecular complexity index is 871. The van der Waals surface area contributed by atoms with Gasteiger partial charge in [0.2, 0.25) is 0 Å². The van der Waals surface area contributed by atoms with Crippen LogP contribution >= 0.6 is 11.8 Å². The van der Waals surface area contributed by atoms with Gasteiger partial charge in [-0.25, -0.2) is 4.79 Å². The monoisotopic (exact) mass is 369 g/mol. The number of aliphatic carboxylic acids is 1. The number of carboxylic acid groups (broad SMARTS) is 1. The molecule has 4 nitrogen and oxygen atoms in total. The van der Waals surface area contributed by atoms with Gasteiger partial charge in [-0.05, 0) is 41.0 Å². The Morgan fingerprint density at radius 2 is 2.08 bits per heavy atom. The zero-order valence-electron chi connectivity index (χ0n) is 15.0. The number of hydrogen-bond acceptors (Lipinski definition) is 4. The molecule has 0 spiro atoms. The quantitative estimate of drug-likeness (QED) is 0.735. The van der Waals surface area contributed by atoms with Crippen LogP contribution in [0.3, 0.4) is 0 Å². The Labute approximate surface area is 158 Å². The number of fused-ring (bicyclic) bond motifs is 1. The minimum atomic E-state index is -0.883. The predicted octanol–water partition coefficient (Wildman–Crippen LogP) is 4.91. The highest BCUT2D eigenvalue weighted by Gasteiger charge is 2.22. The van der Waals surface area contributed by atoms with Crippen LogP contribution in [0.4, 0.5) is 0 Å². The molecule has 5 heteroatoms. The molecule has 0 saturated heterocycles. The molecule has 0 amide bonds. The van der Waals surface area contributed by atoms with Crippen molar-refractivity contribution in [3.05, 3.63) is 60.2 Å². The lowest BCUT2D eigenvalue weighted by Gasteiger charge is -2.08. The van der Waals surface area contributed by atoms with E-state index in [-0.39, 0.29) is 5.75 Å². The van der Waals surface area contributed by atoms with Crippen molar-refractivity contribution in [2.45, 2.75) is 26.3 Å². The summed E-state index contributed by atoms with van der Waals surface area (Å²) >= 11 is 1.45. The third-order valence-electron chi connectivity index (χ3n) is 3.85. The lowest BCUT2D eigenvalue weighted by molar-refractivity contribution is -0.137. The lowest BCUT2D eigenvalue weighted by Crippen LogP contribution is -2.16. The first-order valence-electron chi connectivity index (χ1n) is 8.55. The molecule has 1 unspecified atom stereocenters. The second kappa shape index (κ2) is 9.25. The van der Waals surface area contributed by atoms with Crippen molar-refractivity contribution in [2.75, 3.05) is 5.75 Å². The largest absolute Gasteiger partial charge is 0.508 e. The second-order valence-corrected chi connectivity index (χ2v) is 6.54. The number of aliphatic imine (C=N–C) groups is 1. The predicted molar refractivity (Wildman–Crippen MR) is 111 cm³/mol. The van der Waals surface area contributed by atoms with Crippen molar-refractivity contribution >= 4 is 39.6 Å². The Morgan fingerprint density at radius 3 is 2.73 bits per heavy atom. The Balaban J connectivity index is 0.00000117. The van der Waals surface area contributed by atoms with Gasteiger partial charge in [0.05, 0.1) is 5.04 Å². The molecule has 2 aromatic rings. The van der Waals surface area contributed by atoms with Crippen molar-refractivity contribution in [1.82, 2.24) is 0 Å². The molecule has 0 radical (unpaired) electrons. The number of phenolic OH excluding ortho intramolecular Hbond substituents is 1. The topological polar surface area (TPSA) is 69.9 Å². The molecule has 0 aliphatic carbocycles. The van der Waals surface area contributed by atoms with E-state index in [0.717, 1.165) is 26.9 Å². The minimum Gasteiger partial charge on any atom is -0.508 e. The molecule has 0 aromatic heterocycles. The van der Waals surface area contributed by atoms with E-state index in [4.69, 9.17) is 5.11 Å². The first-order valence-corrected chi connectivity index (χ1v) is 9.54. The molecule has 2 N–H and O–H groups in total. The number of nitrogens with zero attached hydrogens (tertiary/aromatic N) is 1. The van der Waals surface area contributed by atoms with Crippen molar-refractivity contribution < 1.29 is 15.0 Å². The zero-order valence-corrected chi connectivity index (χ0v) is 15.8. The van der Waals surface area contributed by atoms with E-state index >= 15 is 0 Å². The third kappa shape index (κ3) is 4.55. The summed E-state index contributed by atoms with van der Waals surface area (Å²) < 4.78 is 0. The molecule has 1 aliphatic rings. The normalized spacial score (nSPS) is 16.2. The van der Waals surface area contributed by atoms with E-state index in [1.807, 2.05) is 50.3 Å². The van der Waals surface area contributed by atoms with Gasteiger partial charge in [-0.3, -0.25) is 4.99 Å². The second-order valence-electron chi connectivity index (χ2n) is 5.50. The van der Waals surface area contributed by atoms with Gasteiger partial charge in [0.1, 0.15) is 5.75 Å². The number of hydrogen-bond donors (Lipinski definition) is 2. The van der Waals surface area contributed by atoms with Gasteiger partial charge in [-0.1, -0.05) is 44.2 Å². The van der Waals surface area contributed by atoms with Crippen LogP contribution in [-0.2, 0) is 11.2 Å². The number of benzene rings is 2. The van der Waals surface area contributed by atoms with Gasteiger partial charge in [0, 0.05) is 11.3 Å². The summed E-state index contributed by atoms with van der Waals surface area (Å²) in [7, 11) is 0. The van der Waals surface area contributed by atoms with E-state index < -0.39 is 12.0 Å². The Hall–Kier alpha value is -2.53. The number of carboxylic acids is 1. The summed E-state index contributed by atoms with van der Waals surface area (Å²) in [5.74, 6) is -0.120. The molecule has 136 valence electrons. The maximum Gasteiger partial charge on any atom is 0.329 e. The summed E-state index contributed by atoms with van der Waals surface area (Å²) in [4.78, 5) is 15.1. The summed E-state index contributed by atoms with van der Waals surface area (Å²) in [5, 5.41) is 21.7. The highest BCUT2D eigenvalue weighted by atomic mass is 32.2. The van der Waals surface area contributed by atoms with E-state index in [9.17, 15) is 9.90 Å². The van der Waals surface area contributed by atoms with Crippen molar-refractivity contribution in [2.24, 2.45) is 4.99 Å². The maximum atomic E-state index is 10.9. The van der Waals surface area contributed by atoms with Crippen molar-refractivity contribution in [3.63, 3.8) is 0 Å². The maximum absolute atomic E-state index is 10.9. The number of rotatable bonds is 5. The van der Waals surface area contributed by atoms with Crippen LogP contribution in [0.25, 0.3) is 16.8 Å². The average Bonchev–Trinajstić information content (AvgIpc) is 3.13. The van der Waals surface area contributed by atoms with Crippen LogP contribution < -0.4 is 0 Å². The molecule has 26 heavy (non-hydrogen) atoms. The molecule has 0 fully saturated rings. The van der Waals surface area contributed by atoms with Crippen LogP contribution in [0.1, 0.15) is 25.0 Å². The smallest absolute Gasteiger partial charge is 0.329 e. The molecule has 2 aromatic carbocycles. The van der Waals surface area contributed by atoms with E-state index in [2.05, 4.69) is 11.6 Å². The minimum absolute atomic E-state index is 0.280. The van der Waals surface area contributed by atoms with Crippen LogP contribution in [0.5, 0.6) is 5.75 Å². The molecule has 0 bridgehead atoms. The lowest BCUT2D eigenvalue weighted by atomic mass is 9.99.